The zero-order valence-electron chi connectivity index (χ0n) is 11.6. The molecular weight excluding hydrogens is 258 g/mol. The van der Waals surface area contributed by atoms with E-state index in [4.69, 9.17) is 18.0 Å². The monoisotopic (exact) mass is 283 g/mol. The van der Waals surface area contributed by atoms with Crippen molar-refractivity contribution in [2.24, 2.45) is 5.73 Å². The van der Waals surface area contributed by atoms with Crippen molar-refractivity contribution in [1.29, 1.82) is 0 Å². The van der Waals surface area contributed by atoms with Crippen molar-refractivity contribution in [2.75, 3.05) is 13.1 Å². The Labute approximate surface area is 121 Å². The second kappa shape index (κ2) is 7.20. The van der Waals surface area contributed by atoms with E-state index in [-0.39, 0.29) is 5.91 Å². The Balaban J connectivity index is 1.83. The lowest BCUT2D eigenvalue weighted by Gasteiger charge is -2.28. The van der Waals surface area contributed by atoms with Gasteiger partial charge in [-0.3, -0.25) is 9.69 Å². The first kappa shape index (κ1) is 14.7. The number of hydrogen-bond donors (Lipinski definition) is 2. The van der Waals surface area contributed by atoms with Gasteiger partial charge in [0, 0.05) is 18.6 Å². The number of nitrogens with zero attached hydrogens (tertiary/aromatic N) is 1. The van der Waals surface area contributed by atoms with Gasteiger partial charge in [-0.1, -0.05) is 37.9 Å². The molecule has 2 aliphatic rings. The maximum Gasteiger partial charge on any atom is 0.234 e. The molecule has 0 aromatic rings. The van der Waals surface area contributed by atoms with Gasteiger partial charge in [-0.2, -0.15) is 0 Å². The predicted molar refractivity (Wildman–Crippen MR) is 81.0 cm³/mol. The maximum absolute atomic E-state index is 12.1. The van der Waals surface area contributed by atoms with Gasteiger partial charge in [-0.25, -0.2) is 0 Å². The molecule has 5 heteroatoms. The Hall–Kier alpha value is -0.680. The fourth-order valence-corrected chi connectivity index (χ4v) is 3.48. The Morgan fingerprint density at radius 3 is 2.26 bits per heavy atom. The highest BCUT2D eigenvalue weighted by Gasteiger charge is 2.26. The quantitative estimate of drug-likeness (QED) is 0.727. The number of rotatable bonds is 6. The third-order valence-corrected chi connectivity index (χ3v) is 4.40. The summed E-state index contributed by atoms with van der Waals surface area (Å²) in [6.45, 7) is 1.01. The molecule has 3 N–H and O–H groups in total. The van der Waals surface area contributed by atoms with Crippen LogP contribution < -0.4 is 11.1 Å². The topological polar surface area (TPSA) is 58.4 Å². The average molecular weight is 283 g/mol. The highest BCUT2D eigenvalue weighted by molar-refractivity contribution is 7.80. The van der Waals surface area contributed by atoms with Gasteiger partial charge in [-0.05, 0) is 25.7 Å². The zero-order valence-corrected chi connectivity index (χ0v) is 12.4. The molecule has 2 fully saturated rings. The number of carbonyl (C=O) groups is 1. The van der Waals surface area contributed by atoms with Crippen LogP contribution in [0, 0.1) is 0 Å². The molecule has 0 atom stereocenters. The summed E-state index contributed by atoms with van der Waals surface area (Å²) in [6, 6.07) is 0.874. The van der Waals surface area contributed by atoms with Crippen molar-refractivity contribution in [1.82, 2.24) is 10.2 Å². The predicted octanol–water partition coefficient (Wildman–Crippen LogP) is 1.58. The van der Waals surface area contributed by atoms with Crippen LogP contribution in [0.5, 0.6) is 0 Å². The number of nitrogens with two attached hydrogens (primary N) is 1. The fourth-order valence-electron chi connectivity index (χ4n) is 3.31. The molecule has 0 spiro atoms. The van der Waals surface area contributed by atoms with Crippen molar-refractivity contribution in [3.8, 4) is 0 Å². The summed E-state index contributed by atoms with van der Waals surface area (Å²) in [5.41, 5.74) is 5.66. The van der Waals surface area contributed by atoms with E-state index in [2.05, 4.69) is 10.2 Å². The summed E-state index contributed by atoms with van der Waals surface area (Å²) in [5.74, 6) is 0.134. The smallest absolute Gasteiger partial charge is 0.234 e. The minimum atomic E-state index is 0.134. The van der Waals surface area contributed by atoms with E-state index >= 15 is 0 Å². The Kier molecular flexibility index (Phi) is 5.58. The molecule has 0 saturated heterocycles. The first-order valence-corrected chi connectivity index (χ1v) is 7.87. The molecule has 2 saturated carbocycles. The molecule has 0 aliphatic heterocycles. The standard InChI is InChI=1S/C14H25N3OS/c15-13(19)9-17(12-7-3-4-8-12)10-14(18)16-11-5-1-2-6-11/h11-12H,1-10H2,(H2,15,19)(H,16,18). The van der Waals surface area contributed by atoms with E-state index in [9.17, 15) is 4.79 Å². The van der Waals surface area contributed by atoms with E-state index < -0.39 is 0 Å². The summed E-state index contributed by atoms with van der Waals surface area (Å²) in [7, 11) is 0. The third kappa shape index (κ3) is 4.73. The van der Waals surface area contributed by atoms with Crippen molar-refractivity contribution in [2.45, 2.75) is 63.5 Å². The van der Waals surface area contributed by atoms with Gasteiger partial charge in [0.15, 0.2) is 0 Å². The molecule has 4 nitrogen and oxygen atoms in total. The molecule has 0 aromatic carbocycles. The van der Waals surface area contributed by atoms with Crippen molar-refractivity contribution in [3.05, 3.63) is 0 Å². The maximum atomic E-state index is 12.1. The minimum absolute atomic E-state index is 0.134. The Bertz CT molecular complexity index is 323. The van der Waals surface area contributed by atoms with Gasteiger partial charge >= 0.3 is 0 Å². The zero-order chi connectivity index (χ0) is 13.7. The van der Waals surface area contributed by atoms with Crippen LogP contribution in [0.25, 0.3) is 0 Å². The highest BCUT2D eigenvalue weighted by Crippen LogP contribution is 2.23. The van der Waals surface area contributed by atoms with Gasteiger partial charge in [0.05, 0.1) is 11.5 Å². The van der Waals surface area contributed by atoms with Gasteiger partial charge in [-0.15, -0.1) is 0 Å². The summed E-state index contributed by atoms with van der Waals surface area (Å²) in [4.78, 5) is 14.8. The molecule has 19 heavy (non-hydrogen) atoms. The van der Waals surface area contributed by atoms with Gasteiger partial charge in [0.1, 0.15) is 0 Å². The SMILES string of the molecule is NC(=S)CN(CC(=O)NC1CCCC1)C1CCCC1. The van der Waals surface area contributed by atoms with Crippen LogP contribution in [0.3, 0.4) is 0 Å². The molecular formula is C14H25N3OS. The molecule has 0 bridgehead atoms. The molecule has 0 heterocycles. The first-order valence-electron chi connectivity index (χ1n) is 7.47. The lowest BCUT2D eigenvalue weighted by Crippen LogP contribution is -2.47. The van der Waals surface area contributed by atoms with Crippen LogP contribution in [0.2, 0.25) is 0 Å². The van der Waals surface area contributed by atoms with Crippen LogP contribution in [0.4, 0.5) is 0 Å². The van der Waals surface area contributed by atoms with E-state index in [0.717, 1.165) is 12.8 Å². The van der Waals surface area contributed by atoms with Gasteiger partial charge < -0.3 is 11.1 Å². The van der Waals surface area contributed by atoms with Crippen molar-refractivity contribution in [3.63, 3.8) is 0 Å². The molecule has 0 radical (unpaired) electrons. The number of nitrogens with one attached hydrogen (secondary N) is 1. The Morgan fingerprint density at radius 1 is 1.11 bits per heavy atom. The fraction of sp³-hybridized carbons (Fsp3) is 0.857. The van der Waals surface area contributed by atoms with Crippen LogP contribution in [0.1, 0.15) is 51.4 Å². The second-order valence-corrected chi connectivity index (χ2v) is 6.38. The van der Waals surface area contributed by atoms with Gasteiger partial charge in [0.2, 0.25) is 5.91 Å². The van der Waals surface area contributed by atoms with Crippen molar-refractivity contribution >= 4 is 23.1 Å². The lowest BCUT2D eigenvalue weighted by atomic mass is 10.2. The Morgan fingerprint density at radius 2 is 1.68 bits per heavy atom. The largest absolute Gasteiger partial charge is 0.392 e. The second-order valence-electron chi connectivity index (χ2n) is 5.86. The minimum Gasteiger partial charge on any atom is -0.392 e. The van der Waals surface area contributed by atoms with E-state index in [1.54, 1.807) is 0 Å². The highest BCUT2D eigenvalue weighted by atomic mass is 32.1. The summed E-state index contributed by atoms with van der Waals surface area (Å²) < 4.78 is 0. The average Bonchev–Trinajstić information content (AvgIpc) is 2.99. The van der Waals surface area contributed by atoms with Crippen molar-refractivity contribution < 1.29 is 4.79 Å². The number of amides is 1. The first-order chi connectivity index (χ1) is 9.15. The van der Waals surface area contributed by atoms with Crippen LogP contribution >= 0.6 is 12.2 Å². The van der Waals surface area contributed by atoms with Gasteiger partial charge in [0.25, 0.3) is 0 Å². The molecule has 0 aromatic heterocycles. The van der Waals surface area contributed by atoms with E-state index in [0.29, 0.717) is 30.2 Å². The number of hydrogen-bond acceptors (Lipinski definition) is 3. The summed E-state index contributed by atoms with van der Waals surface area (Å²) in [6.07, 6.45) is 9.58. The van der Waals surface area contributed by atoms with E-state index in [1.807, 2.05) is 0 Å². The molecule has 108 valence electrons. The molecule has 0 unspecified atom stereocenters. The van der Waals surface area contributed by atoms with Crippen LogP contribution in [-0.4, -0.2) is 41.0 Å². The normalized spacial score (nSPS) is 21.1. The van der Waals surface area contributed by atoms with Crippen LogP contribution in [-0.2, 0) is 4.79 Å². The summed E-state index contributed by atoms with van der Waals surface area (Å²) in [5, 5.41) is 3.14. The number of carbonyl (C=O) groups excluding carboxylic acids is 1. The molecule has 2 rings (SSSR count). The molecule has 2 aliphatic carbocycles. The van der Waals surface area contributed by atoms with E-state index in [1.165, 1.54) is 38.5 Å². The number of thiocarbonyl (C=S) groups is 1. The third-order valence-electron chi connectivity index (χ3n) is 4.27. The summed E-state index contributed by atoms with van der Waals surface area (Å²) >= 11 is 5.01. The molecule has 1 amide bonds. The lowest BCUT2D eigenvalue weighted by molar-refractivity contribution is -0.123. The van der Waals surface area contributed by atoms with Crippen LogP contribution in [0.15, 0.2) is 0 Å².